The van der Waals surface area contributed by atoms with E-state index in [-0.39, 0.29) is 0 Å². The van der Waals surface area contributed by atoms with E-state index >= 15 is 0 Å². The molecule has 2 saturated carbocycles. The lowest BCUT2D eigenvalue weighted by Gasteiger charge is -2.26. The molecule has 98 valence electrons. The highest BCUT2D eigenvalue weighted by Crippen LogP contribution is 2.41. The smallest absolute Gasteiger partial charge is 0.323 e. The highest BCUT2D eigenvalue weighted by Gasteiger charge is 2.44. The number of rotatable bonds is 4. The fourth-order valence-corrected chi connectivity index (χ4v) is 4.90. The summed E-state index contributed by atoms with van der Waals surface area (Å²) in [5.41, 5.74) is -0.646. The lowest BCUT2D eigenvalue weighted by atomic mass is 9.99. The molecule has 2 fully saturated rings. The van der Waals surface area contributed by atoms with Gasteiger partial charge in [0.15, 0.2) is 0 Å². The minimum Gasteiger partial charge on any atom is -0.480 e. The Bertz CT molecular complexity index is 279. The number of carboxylic acid groups (broad SMARTS) is 1. The summed E-state index contributed by atoms with van der Waals surface area (Å²) in [6, 6.07) is 0. The molecule has 2 N–H and O–H groups in total. The van der Waals surface area contributed by atoms with Crippen molar-refractivity contribution in [2.45, 2.75) is 67.4 Å². The molecule has 0 aromatic carbocycles. The molecule has 2 rings (SSSR count). The van der Waals surface area contributed by atoms with E-state index in [0.29, 0.717) is 5.25 Å². The number of carbonyl (C=O) groups is 1. The second-order valence-electron chi connectivity index (χ2n) is 5.40. The fraction of sp³-hybridized carbons (Fsp3) is 0.923. The van der Waals surface area contributed by atoms with Gasteiger partial charge in [-0.05, 0) is 39.2 Å². The maximum atomic E-state index is 11.3. The summed E-state index contributed by atoms with van der Waals surface area (Å²) in [7, 11) is 1.78. The van der Waals surface area contributed by atoms with E-state index < -0.39 is 11.5 Å². The summed E-state index contributed by atoms with van der Waals surface area (Å²) in [6.45, 7) is 0. The minimum absolute atomic E-state index is 0.543. The number of thioether (sulfide) groups is 1. The van der Waals surface area contributed by atoms with Crippen LogP contribution in [-0.2, 0) is 4.79 Å². The molecular weight excluding hydrogens is 234 g/mol. The Hall–Kier alpha value is -0.220. The van der Waals surface area contributed by atoms with Crippen LogP contribution in [0.4, 0.5) is 0 Å². The first kappa shape index (κ1) is 13.2. The summed E-state index contributed by atoms with van der Waals surface area (Å²) in [4.78, 5) is 11.3. The van der Waals surface area contributed by atoms with Gasteiger partial charge in [-0.25, -0.2) is 0 Å². The van der Waals surface area contributed by atoms with Gasteiger partial charge in [-0.2, -0.15) is 11.8 Å². The van der Waals surface area contributed by atoms with Crippen LogP contribution >= 0.6 is 11.8 Å². The predicted octanol–water partition coefficient (Wildman–Crippen LogP) is 2.65. The second kappa shape index (κ2) is 5.61. The van der Waals surface area contributed by atoms with Gasteiger partial charge in [-0.3, -0.25) is 4.79 Å². The van der Waals surface area contributed by atoms with Gasteiger partial charge in [0.25, 0.3) is 0 Å². The number of hydrogen-bond donors (Lipinski definition) is 2. The van der Waals surface area contributed by atoms with Gasteiger partial charge >= 0.3 is 5.97 Å². The maximum absolute atomic E-state index is 11.3. The lowest BCUT2D eigenvalue weighted by molar-refractivity contribution is -0.144. The molecule has 2 aliphatic rings. The normalized spacial score (nSPS) is 35.0. The Morgan fingerprint density at radius 3 is 2.47 bits per heavy atom. The van der Waals surface area contributed by atoms with Crippen LogP contribution in [0.3, 0.4) is 0 Å². The molecule has 0 bridgehead atoms. The Morgan fingerprint density at radius 1 is 1.24 bits per heavy atom. The minimum atomic E-state index is -0.674. The van der Waals surface area contributed by atoms with Gasteiger partial charge in [-0.1, -0.05) is 19.3 Å². The van der Waals surface area contributed by atoms with E-state index in [9.17, 15) is 9.90 Å². The van der Waals surface area contributed by atoms with Crippen LogP contribution in [0.2, 0.25) is 0 Å². The van der Waals surface area contributed by atoms with E-state index in [2.05, 4.69) is 17.1 Å². The molecule has 0 heterocycles. The summed E-state index contributed by atoms with van der Waals surface area (Å²) in [5.74, 6) is -0.674. The van der Waals surface area contributed by atoms with Crippen molar-refractivity contribution >= 4 is 17.7 Å². The largest absolute Gasteiger partial charge is 0.480 e. The highest BCUT2D eigenvalue weighted by molar-refractivity contribution is 8.00. The molecule has 4 heteroatoms. The zero-order valence-corrected chi connectivity index (χ0v) is 11.4. The first-order chi connectivity index (χ1) is 8.16. The quantitative estimate of drug-likeness (QED) is 0.813. The van der Waals surface area contributed by atoms with E-state index in [1.807, 2.05) is 0 Å². The Morgan fingerprint density at radius 2 is 1.94 bits per heavy atom. The van der Waals surface area contributed by atoms with Crippen LogP contribution in [0.5, 0.6) is 0 Å². The van der Waals surface area contributed by atoms with Crippen LogP contribution < -0.4 is 5.32 Å². The molecule has 3 nitrogen and oxygen atoms in total. The van der Waals surface area contributed by atoms with Crippen LogP contribution in [0.15, 0.2) is 0 Å². The van der Waals surface area contributed by atoms with Crippen molar-refractivity contribution in [2.75, 3.05) is 7.05 Å². The van der Waals surface area contributed by atoms with E-state index in [1.165, 1.54) is 32.1 Å². The summed E-state index contributed by atoms with van der Waals surface area (Å²) in [6.07, 6.45) is 9.40. The summed E-state index contributed by atoms with van der Waals surface area (Å²) >= 11 is 2.06. The number of aliphatic carboxylic acids is 1. The monoisotopic (exact) mass is 257 g/mol. The van der Waals surface area contributed by atoms with Crippen molar-refractivity contribution in [3.8, 4) is 0 Å². The van der Waals surface area contributed by atoms with E-state index in [4.69, 9.17) is 0 Å². The zero-order valence-electron chi connectivity index (χ0n) is 10.6. The molecule has 2 unspecified atom stereocenters. The van der Waals surface area contributed by atoms with Gasteiger partial charge in [0.1, 0.15) is 5.54 Å². The maximum Gasteiger partial charge on any atom is 0.323 e. The van der Waals surface area contributed by atoms with Crippen LogP contribution in [0, 0.1) is 0 Å². The third-order valence-electron chi connectivity index (χ3n) is 4.29. The lowest BCUT2D eigenvalue weighted by Crippen LogP contribution is -2.48. The van der Waals surface area contributed by atoms with Crippen LogP contribution in [0.25, 0.3) is 0 Å². The predicted molar refractivity (Wildman–Crippen MR) is 71.5 cm³/mol. The van der Waals surface area contributed by atoms with E-state index in [0.717, 1.165) is 24.5 Å². The van der Waals surface area contributed by atoms with Crippen molar-refractivity contribution < 1.29 is 9.90 Å². The van der Waals surface area contributed by atoms with Crippen molar-refractivity contribution in [1.29, 1.82) is 0 Å². The third-order valence-corrected chi connectivity index (χ3v) is 5.94. The number of likely N-dealkylation sites (N-methyl/N-ethyl adjacent to an activating group) is 1. The molecule has 0 amide bonds. The summed E-state index contributed by atoms with van der Waals surface area (Å²) in [5, 5.41) is 13.7. The fourth-order valence-electron chi connectivity index (χ4n) is 3.12. The number of nitrogens with one attached hydrogen (secondary N) is 1. The Labute approximate surface area is 108 Å². The average Bonchev–Trinajstić information content (AvgIpc) is 2.75. The van der Waals surface area contributed by atoms with Gasteiger partial charge in [0.05, 0.1) is 0 Å². The SMILES string of the molecule is CNC1(C(=O)O)CCC(SC2CCCCC2)C1. The van der Waals surface area contributed by atoms with E-state index in [1.54, 1.807) is 7.05 Å². The number of hydrogen-bond acceptors (Lipinski definition) is 3. The van der Waals surface area contributed by atoms with Gasteiger partial charge in [0.2, 0.25) is 0 Å². The zero-order chi connectivity index (χ0) is 12.3. The molecule has 2 aliphatic carbocycles. The molecule has 17 heavy (non-hydrogen) atoms. The Balaban J connectivity index is 1.86. The van der Waals surface area contributed by atoms with Gasteiger partial charge in [0, 0.05) is 10.5 Å². The second-order valence-corrected chi connectivity index (χ2v) is 7.00. The Kier molecular flexibility index (Phi) is 4.36. The number of carboxylic acids is 1. The van der Waals surface area contributed by atoms with Gasteiger partial charge < -0.3 is 10.4 Å². The molecule has 0 radical (unpaired) electrons. The summed E-state index contributed by atoms with van der Waals surface area (Å²) < 4.78 is 0. The molecule has 0 saturated heterocycles. The standard InChI is InChI=1S/C13H23NO2S/c1-14-13(12(15)16)8-7-11(9-13)17-10-5-3-2-4-6-10/h10-11,14H,2-9H2,1H3,(H,15,16). The van der Waals surface area contributed by atoms with Crippen LogP contribution in [0.1, 0.15) is 51.4 Å². The molecule has 2 atom stereocenters. The van der Waals surface area contributed by atoms with Crippen molar-refractivity contribution in [3.63, 3.8) is 0 Å². The molecule has 0 aromatic rings. The average molecular weight is 257 g/mol. The third kappa shape index (κ3) is 2.97. The highest BCUT2D eigenvalue weighted by atomic mass is 32.2. The molecule has 0 spiro atoms. The van der Waals surface area contributed by atoms with Crippen molar-refractivity contribution in [2.24, 2.45) is 0 Å². The van der Waals surface area contributed by atoms with Crippen molar-refractivity contribution in [3.05, 3.63) is 0 Å². The van der Waals surface area contributed by atoms with Crippen molar-refractivity contribution in [1.82, 2.24) is 5.32 Å². The van der Waals surface area contributed by atoms with Crippen LogP contribution in [-0.4, -0.2) is 34.2 Å². The first-order valence-electron chi connectivity index (χ1n) is 6.74. The van der Waals surface area contributed by atoms with Gasteiger partial charge in [-0.15, -0.1) is 0 Å². The topological polar surface area (TPSA) is 49.3 Å². The molecule has 0 aliphatic heterocycles. The first-order valence-corrected chi connectivity index (χ1v) is 7.68. The molecule has 0 aromatic heterocycles. The molecular formula is C13H23NO2S.